The summed E-state index contributed by atoms with van der Waals surface area (Å²) in [4.78, 5) is 0. The lowest BCUT2D eigenvalue weighted by molar-refractivity contribution is -0.339. The number of aliphatic hydroxyl groups excluding tert-OH is 5. The Morgan fingerprint density at radius 1 is 1.04 bits per heavy atom. The average Bonchev–Trinajstić information content (AvgIpc) is 2.93. The maximum absolute atomic E-state index is 10.0. The largest absolute Gasteiger partial charge is 0.472 e. The van der Waals surface area contributed by atoms with E-state index in [9.17, 15) is 25.5 Å². The van der Waals surface area contributed by atoms with Crippen molar-refractivity contribution in [1.29, 1.82) is 0 Å². The van der Waals surface area contributed by atoms with Crippen LogP contribution < -0.4 is 0 Å². The van der Waals surface area contributed by atoms with Gasteiger partial charge in [-0.1, -0.05) is 12.2 Å². The lowest BCUT2D eigenvalue weighted by Crippen LogP contribution is -2.60. The fraction of sp³-hybridized carbons (Fsp3) is 0.733. The Bertz CT molecular complexity index is 490. The van der Waals surface area contributed by atoms with Crippen LogP contribution in [0.1, 0.15) is 6.92 Å². The Hall–Kier alpha value is -1.00. The number of hydrogen-bond donors (Lipinski definition) is 5. The highest BCUT2D eigenvalue weighted by Crippen LogP contribution is 2.40. The van der Waals surface area contributed by atoms with E-state index in [1.807, 2.05) is 6.92 Å². The number of aliphatic hydroxyl groups is 5. The molecule has 1 aliphatic carbocycles. The third-order valence-corrected chi connectivity index (χ3v) is 4.66. The summed E-state index contributed by atoms with van der Waals surface area (Å²) in [6.07, 6.45) is -3.28. The van der Waals surface area contributed by atoms with E-state index in [-0.39, 0.29) is 11.8 Å². The molecule has 0 amide bonds. The van der Waals surface area contributed by atoms with Gasteiger partial charge in [-0.25, -0.2) is 0 Å². The molecule has 1 saturated heterocycles. The van der Waals surface area contributed by atoms with Crippen LogP contribution in [0.15, 0.2) is 24.0 Å². The first kappa shape index (κ1) is 16.8. The van der Waals surface area contributed by atoms with Gasteiger partial charge in [0.15, 0.2) is 6.29 Å². The highest BCUT2D eigenvalue weighted by molar-refractivity contribution is 5.21. The van der Waals surface area contributed by atoms with E-state index in [2.05, 4.69) is 0 Å². The first-order valence-electron chi connectivity index (χ1n) is 7.58. The van der Waals surface area contributed by atoms with Crippen molar-refractivity contribution in [1.82, 2.24) is 0 Å². The van der Waals surface area contributed by atoms with Gasteiger partial charge in [0, 0.05) is 11.8 Å². The molecule has 5 N–H and O–H groups in total. The van der Waals surface area contributed by atoms with Crippen molar-refractivity contribution in [2.24, 2.45) is 11.8 Å². The molecule has 0 spiro atoms. The van der Waals surface area contributed by atoms with E-state index < -0.39 is 49.7 Å². The molecule has 0 aromatic carbocycles. The molecule has 0 saturated carbocycles. The van der Waals surface area contributed by atoms with Crippen LogP contribution in [0.4, 0.5) is 0 Å². The monoisotopic (exact) mass is 330 g/mol. The summed E-state index contributed by atoms with van der Waals surface area (Å²) in [6, 6.07) is 0. The van der Waals surface area contributed by atoms with Crippen LogP contribution >= 0.6 is 0 Å². The van der Waals surface area contributed by atoms with Crippen molar-refractivity contribution >= 4 is 0 Å². The predicted molar refractivity (Wildman–Crippen MR) is 75.6 cm³/mol. The molecule has 3 aliphatic rings. The van der Waals surface area contributed by atoms with Crippen molar-refractivity contribution < 1.29 is 39.7 Å². The molecule has 0 aromatic heterocycles. The Balaban J connectivity index is 1.72. The van der Waals surface area contributed by atoms with E-state index in [1.165, 1.54) is 6.26 Å². The molecule has 130 valence electrons. The van der Waals surface area contributed by atoms with E-state index in [0.29, 0.717) is 0 Å². The molecular weight excluding hydrogens is 308 g/mol. The summed E-state index contributed by atoms with van der Waals surface area (Å²) < 4.78 is 16.4. The maximum atomic E-state index is 10.0. The van der Waals surface area contributed by atoms with Crippen LogP contribution in [0.2, 0.25) is 0 Å². The zero-order chi connectivity index (χ0) is 16.7. The van der Waals surface area contributed by atoms with Crippen molar-refractivity contribution in [3.05, 3.63) is 24.0 Å². The molecule has 8 nitrogen and oxygen atoms in total. The summed E-state index contributed by atoms with van der Waals surface area (Å²) in [5.74, 6) is -0.444. The molecule has 0 radical (unpaired) electrons. The predicted octanol–water partition coefficient (Wildman–Crippen LogP) is -1.77. The van der Waals surface area contributed by atoms with Crippen LogP contribution in [0.5, 0.6) is 0 Å². The normalized spacial score (nSPS) is 49.5. The third-order valence-electron chi connectivity index (χ3n) is 4.66. The minimum Gasteiger partial charge on any atom is -0.472 e. The van der Waals surface area contributed by atoms with Gasteiger partial charge in [0.05, 0.1) is 19.0 Å². The van der Waals surface area contributed by atoms with Gasteiger partial charge in [-0.2, -0.15) is 0 Å². The van der Waals surface area contributed by atoms with Crippen molar-refractivity contribution in [2.75, 3.05) is 6.61 Å². The van der Waals surface area contributed by atoms with Gasteiger partial charge in [-0.05, 0) is 12.5 Å². The average molecular weight is 330 g/mol. The second kappa shape index (κ2) is 6.48. The number of hydrogen-bond acceptors (Lipinski definition) is 8. The van der Waals surface area contributed by atoms with Crippen LogP contribution in [0, 0.1) is 11.8 Å². The lowest BCUT2D eigenvalue weighted by atomic mass is 9.86. The number of rotatable bonds is 3. The number of ether oxygens (including phenoxy) is 3. The molecule has 2 heterocycles. The standard InChI is InChI=1S/C15H22O8/c1-6-5-21-14(7-2-3-8(17)10(6)7)23-15-13(20)12(19)11(18)9(4-16)22-15/h2-3,5,7-20H,4H2,1H3/t7-,8-,9+,10-,11+,12-,13+,14+,15-/m1/s1. The van der Waals surface area contributed by atoms with E-state index in [1.54, 1.807) is 12.2 Å². The van der Waals surface area contributed by atoms with Gasteiger partial charge >= 0.3 is 0 Å². The Morgan fingerprint density at radius 3 is 2.48 bits per heavy atom. The molecule has 0 unspecified atom stereocenters. The van der Waals surface area contributed by atoms with Crippen LogP contribution in [-0.4, -0.2) is 75.2 Å². The fourth-order valence-corrected chi connectivity index (χ4v) is 3.32. The molecule has 9 atom stereocenters. The summed E-state index contributed by atoms with van der Waals surface area (Å²) in [5, 5.41) is 48.8. The molecular formula is C15H22O8. The zero-order valence-electron chi connectivity index (χ0n) is 12.6. The van der Waals surface area contributed by atoms with Gasteiger partial charge in [0.2, 0.25) is 6.29 Å². The molecule has 8 heteroatoms. The van der Waals surface area contributed by atoms with E-state index in [0.717, 1.165) is 5.57 Å². The minimum atomic E-state index is -1.51. The Morgan fingerprint density at radius 2 is 1.78 bits per heavy atom. The zero-order valence-corrected chi connectivity index (χ0v) is 12.6. The quantitative estimate of drug-likeness (QED) is 0.384. The first-order valence-corrected chi connectivity index (χ1v) is 7.58. The molecule has 3 rings (SSSR count). The van der Waals surface area contributed by atoms with E-state index in [4.69, 9.17) is 14.2 Å². The molecule has 2 aliphatic heterocycles. The van der Waals surface area contributed by atoms with Crippen LogP contribution in [-0.2, 0) is 14.2 Å². The topological polar surface area (TPSA) is 129 Å². The molecule has 0 aromatic rings. The molecule has 23 heavy (non-hydrogen) atoms. The smallest absolute Gasteiger partial charge is 0.208 e. The Kier molecular flexibility index (Phi) is 4.75. The van der Waals surface area contributed by atoms with Gasteiger partial charge in [0.25, 0.3) is 0 Å². The van der Waals surface area contributed by atoms with Crippen LogP contribution in [0.25, 0.3) is 0 Å². The Labute approximate surface area is 133 Å². The van der Waals surface area contributed by atoms with Gasteiger partial charge < -0.3 is 39.7 Å². The van der Waals surface area contributed by atoms with Gasteiger partial charge in [-0.3, -0.25) is 0 Å². The number of fused-ring (bicyclic) bond motifs is 1. The fourth-order valence-electron chi connectivity index (χ4n) is 3.32. The molecule has 1 fully saturated rings. The van der Waals surface area contributed by atoms with Crippen molar-refractivity contribution in [3.63, 3.8) is 0 Å². The summed E-state index contributed by atoms with van der Waals surface area (Å²) in [5.41, 5.74) is 0.876. The second-order valence-corrected chi connectivity index (χ2v) is 6.18. The highest BCUT2D eigenvalue weighted by atomic mass is 16.8. The summed E-state index contributed by atoms with van der Waals surface area (Å²) in [6.45, 7) is 1.32. The second-order valence-electron chi connectivity index (χ2n) is 6.18. The van der Waals surface area contributed by atoms with Gasteiger partial charge in [-0.15, -0.1) is 0 Å². The summed E-state index contributed by atoms with van der Waals surface area (Å²) >= 11 is 0. The summed E-state index contributed by atoms with van der Waals surface area (Å²) in [7, 11) is 0. The highest BCUT2D eigenvalue weighted by Gasteiger charge is 2.48. The minimum absolute atomic E-state index is 0.182. The van der Waals surface area contributed by atoms with Crippen LogP contribution in [0.3, 0.4) is 0 Å². The lowest BCUT2D eigenvalue weighted by Gasteiger charge is -2.42. The third kappa shape index (κ3) is 2.91. The van der Waals surface area contributed by atoms with E-state index >= 15 is 0 Å². The first-order chi connectivity index (χ1) is 10.9. The maximum Gasteiger partial charge on any atom is 0.208 e. The SMILES string of the molecule is CC1=CO[C@@H](O[C@H]2O[C@@H](CO)[C@H](O)[C@@H](O)[C@@H]2O)[C@@H]2C=C[C@@H](O)[C@H]12. The van der Waals surface area contributed by atoms with Crippen molar-refractivity contribution in [3.8, 4) is 0 Å². The van der Waals surface area contributed by atoms with Gasteiger partial charge in [0.1, 0.15) is 24.4 Å². The molecule has 0 bridgehead atoms. The van der Waals surface area contributed by atoms with Crippen molar-refractivity contribution in [2.45, 2.75) is 50.0 Å².